The van der Waals surface area contributed by atoms with Gasteiger partial charge in [0.25, 0.3) is 5.91 Å². The van der Waals surface area contributed by atoms with Crippen molar-refractivity contribution in [3.8, 4) is 0 Å². The molecular formula is C9H7BrFNO2. The third kappa shape index (κ3) is 2.92. The first-order valence-corrected chi connectivity index (χ1v) is 4.59. The van der Waals surface area contributed by atoms with Gasteiger partial charge in [-0.1, -0.05) is 15.9 Å². The summed E-state index contributed by atoms with van der Waals surface area (Å²) in [4.78, 5) is 20.5. The summed E-state index contributed by atoms with van der Waals surface area (Å²) >= 11 is 3.17. The number of aldehydes is 1. The molecule has 0 saturated heterocycles. The van der Waals surface area contributed by atoms with Crippen LogP contribution < -0.4 is 5.32 Å². The van der Waals surface area contributed by atoms with Gasteiger partial charge in [0.15, 0.2) is 0 Å². The van der Waals surface area contributed by atoms with Crippen molar-refractivity contribution in [1.29, 1.82) is 0 Å². The molecule has 0 spiro atoms. The molecular weight excluding hydrogens is 253 g/mol. The van der Waals surface area contributed by atoms with Gasteiger partial charge in [-0.2, -0.15) is 0 Å². The number of benzene rings is 1. The Kier molecular flexibility index (Phi) is 3.76. The number of halogens is 2. The average Bonchev–Trinajstić information content (AvgIpc) is 2.19. The summed E-state index contributed by atoms with van der Waals surface area (Å²) in [7, 11) is 0. The number of nitrogens with one attached hydrogen (secondary N) is 1. The van der Waals surface area contributed by atoms with Crippen molar-refractivity contribution in [1.82, 2.24) is 5.32 Å². The lowest BCUT2D eigenvalue weighted by atomic mass is 10.2. The Morgan fingerprint density at radius 1 is 1.57 bits per heavy atom. The molecule has 14 heavy (non-hydrogen) atoms. The monoisotopic (exact) mass is 259 g/mol. The maximum absolute atomic E-state index is 13.1. The molecule has 0 radical (unpaired) electrons. The third-order valence-corrected chi connectivity index (χ3v) is 2.06. The first-order valence-electron chi connectivity index (χ1n) is 3.80. The Morgan fingerprint density at radius 3 is 2.93 bits per heavy atom. The Morgan fingerprint density at radius 2 is 2.29 bits per heavy atom. The van der Waals surface area contributed by atoms with E-state index in [1.807, 2.05) is 0 Å². The van der Waals surface area contributed by atoms with E-state index in [1.165, 1.54) is 6.07 Å². The van der Waals surface area contributed by atoms with E-state index in [2.05, 4.69) is 21.2 Å². The van der Waals surface area contributed by atoms with Crippen molar-refractivity contribution in [3.63, 3.8) is 0 Å². The largest absolute Gasteiger partial charge is 0.346 e. The molecule has 5 heteroatoms. The second kappa shape index (κ2) is 4.85. The molecule has 1 amide bonds. The van der Waals surface area contributed by atoms with E-state index in [0.717, 1.165) is 0 Å². The molecule has 0 saturated carbocycles. The minimum absolute atomic E-state index is 0.00282. The van der Waals surface area contributed by atoms with Crippen LogP contribution in [0.3, 0.4) is 0 Å². The number of hydrogen-bond donors (Lipinski definition) is 1. The fourth-order valence-electron chi connectivity index (χ4n) is 0.903. The minimum Gasteiger partial charge on any atom is -0.346 e. The number of carbonyl (C=O) groups is 2. The standard InChI is InChI=1S/C9H7BrFNO2/c10-7-1-2-8(11)6(3-7)4-12-9(14)5-13/h1-3,5H,4H2,(H,12,14). The zero-order valence-corrected chi connectivity index (χ0v) is 8.67. The fraction of sp³-hybridized carbons (Fsp3) is 0.111. The van der Waals surface area contributed by atoms with Gasteiger partial charge in [-0.15, -0.1) is 0 Å². The van der Waals surface area contributed by atoms with Gasteiger partial charge in [-0.3, -0.25) is 9.59 Å². The molecule has 74 valence electrons. The first-order chi connectivity index (χ1) is 6.63. The Hall–Kier alpha value is -1.23. The van der Waals surface area contributed by atoms with E-state index in [0.29, 0.717) is 10.0 Å². The van der Waals surface area contributed by atoms with E-state index in [1.54, 1.807) is 12.1 Å². The molecule has 0 fully saturated rings. The Labute approximate surface area is 88.4 Å². The molecule has 1 aromatic rings. The molecule has 0 unspecified atom stereocenters. The van der Waals surface area contributed by atoms with Gasteiger partial charge in [-0.25, -0.2) is 4.39 Å². The van der Waals surface area contributed by atoms with Gasteiger partial charge >= 0.3 is 0 Å². The maximum Gasteiger partial charge on any atom is 0.284 e. The minimum atomic E-state index is -0.760. The summed E-state index contributed by atoms with van der Waals surface area (Å²) in [5.74, 6) is -1.18. The van der Waals surface area contributed by atoms with Crippen molar-refractivity contribution >= 4 is 28.1 Å². The molecule has 0 aliphatic carbocycles. The molecule has 0 aromatic heterocycles. The van der Waals surface area contributed by atoms with E-state index in [4.69, 9.17) is 0 Å². The normalized spacial score (nSPS) is 9.57. The van der Waals surface area contributed by atoms with Crippen LogP contribution in [0.5, 0.6) is 0 Å². The van der Waals surface area contributed by atoms with Crippen LogP contribution in [0.15, 0.2) is 22.7 Å². The number of rotatable bonds is 3. The predicted molar refractivity (Wildman–Crippen MR) is 52.0 cm³/mol. The number of amides is 1. The van der Waals surface area contributed by atoms with E-state index < -0.39 is 11.7 Å². The van der Waals surface area contributed by atoms with E-state index in [-0.39, 0.29) is 12.8 Å². The summed E-state index contributed by atoms with van der Waals surface area (Å²) < 4.78 is 13.8. The summed E-state index contributed by atoms with van der Waals surface area (Å²) in [5.41, 5.74) is 0.328. The van der Waals surface area contributed by atoms with Crippen molar-refractivity contribution in [3.05, 3.63) is 34.1 Å². The van der Waals surface area contributed by atoms with Gasteiger partial charge in [0.2, 0.25) is 6.29 Å². The van der Waals surface area contributed by atoms with Crippen LogP contribution in [-0.4, -0.2) is 12.2 Å². The van der Waals surface area contributed by atoms with Crippen LogP contribution >= 0.6 is 15.9 Å². The molecule has 0 bridgehead atoms. The lowest BCUT2D eigenvalue weighted by Gasteiger charge is -2.03. The topological polar surface area (TPSA) is 46.2 Å². The van der Waals surface area contributed by atoms with Gasteiger partial charge in [0.05, 0.1) is 0 Å². The van der Waals surface area contributed by atoms with Gasteiger partial charge in [-0.05, 0) is 18.2 Å². The van der Waals surface area contributed by atoms with Crippen LogP contribution in [-0.2, 0) is 16.1 Å². The second-order valence-corrected chi connectivity index (χ2v) is 3.49. The summed E-state index contributed by atoms with van der Waals surface area (Å²) in [6.45, 7) is 0.00282. The fourth-order valence-corrected chi connectivity index (χ4v) is 1.31. The summed E-state index contributed by atoms with van der Waals surface area (Å²) in [5, 5.41) is 2.25. The molecule has 0 aliphatic heterocycles. The van der Waals surface area contributed by atoms with Crippen LogP contribution in [0.25, 0.3) is 0 Å². The SMILES string of the molecule is O=CC(=O)NCc1cc(Br)ccc1F. The highest BCUT2D eigenvalue weighted by Gasteiger charge is 2.04. The van der Waals surface area contributed by atoms with Gasteiger partial charge in [0.1, 0.15) is 5.82 Å². The van der Waals surface area contributed by atoms with Crippen LogP contribution in [0, 0.1) is 5.82 Å². The lowest BCUT2D eigenvalue weighted by molar-refractivity contribution is -0.131. The quantitative estimate of drug-likeness (QED) is 0.659. The van der Waals surface area contributed by atoms with Crippen molar-refractivity contribution < 1.29 is 14.0 Å². The molecule has 1 N–H and O–H groups in total. The van der Waals surface area contributed by atoms with Gasteiger partial charge in [0, 0.05) is 16.6 Å². The lowest BCUT2D eigenvalue weighted by Crippen LogP contribution is -2.23. The molecule has 1 rings (SSSR count). The summed E-state index contributed by atoms with van der Waals surface area (Å²) in [6, 6.07) is 4.38. The van der Waals surface area contributed by atoms with Crippen LogP contribution in [0.2, 0.25) is 0 Å². The zero-order chi connectivity index (χ0) is 10.6. The van der Waals surface area contributed by atoms with E-state index >= 15 is 0 Å². The first kappa shape index (κ1) is 10.8. The third-order valence-electron chi connectivity index (χ3n) is 1.57. The van der Waals surface area contributed by atoms with Crippen LogP contribution in [0.1, 0.15) is 5.56 Å². The summed E-state index contributed by atoms with van der Waals surface area (Å²) in [6.07, 6.45) is 0.149. The predicted octanol–water partition coefficient (Wildman–Crippen LogP) is 1.40. The molecule has 0 atom stereocenters. The van der Waals surface area contributed by atoms with Crippen molar-refractivity contribution in [2.24, 2.45) is 0 Å². The van der Waals surface area contributed by atoms with Crippen molar-refractivity contribution in [2.75, 3.05) is 0 Å². The van der Waals surface area contributed by atoms with Gasteiger partial charge < -0.3 is 5.32 Å². The highest BCUT2D eigenvalue weighted by atomic mass is 79.9. The van der Waals surface area contributed by atoms with Crippen LogP contribution in [0.4, 0.5) is 4.39 Å². The molecule has 3 nitrogen and oxygen atoms in total. The molecule has 0 aliphatic rings. The molecule has 1 aromatic carbocycles. The second-order valence-electron chi connectivity index (χ2n) is 2.57. The zero-order valence-electron chi connectivity index (χ0n) is 7.09. The highest BCUT2D eigenvalue weighted by molar-refractivity contribution is 9.10. The number of hydrogen-bond acceptors (Lipinski definition) is 2. The maximum atomic E-state index is 13.1. The van der Waals surface area contributed by atoms with Crippen molar-refractivity contribution in [2.45, 2.75) is 6.54 Å². The average molecular weight is 260 g/mol. The number of carbonyl (C=O) groups excluding carboxylic acids is 2. The Balaban J connectivity index is 2.71. The van der Waals surface area contributed by atoms with E-state index in [9.17, 15) is 14.0 Å². The smallest absolute Gasteiger partial charge is 0.284 e. The Bertz CT molecular complexity index is 368. The highest BCUT2D eigenvalue weighted by Crippen LogP contribution is 2.15. The molecule has 0 heterocycles.